The predicted octanol–water partition coefficient (Wildman–Crippen LogP) is 3.44. The van der Waals surface area contributed by atoms with E-state index < -0.39 is 17.0 Å². The van der Waals surface area contributed by atoms with Crippen LogP contribution in [-0.2, 0) is 16.1 Å². The molecule has 2 aromatic carbocycles. The van der Waals surface area contributed by atoms with Crippen LogP contribution in [-0.4, -0.2) is 24.1 Å². The third-order valence-corrected chi connectivity index (χ3v) is 3.45. The van der Waals surface area contributed by atoms with E-state index in [4.69, 9.17) is 4.74 Å². The first-order valence-electron chi connectivity index (χ1n) is 7.27. The van der Waals surface area contributed by atoms with Crippen LogP contribution < -0.4 is 5.32 Å². The molecule has 0 saturated carbocycles. The Kier molecular flexibility index (Phi) is 5.67. The number of rotatable bonds is 5. The van der Waals surface area contributed by atoms with Crippen LogP contribution in [0, 0.1) is 17.0 Å². The smallest absolute Gasteiger partial charge is 0.411 e. The van der Waals surface area contributed by atoms with Gasteiger partial charge in [-0.2, -0.15) is 0 Å². The van der Waals surface area contributed by atoms with Crippen molar-refractivity contribution in [1.29, 1.82) is 0 Å². The summed E-state index contributed by atoms with van der Waals surface area (Å²) >= 11 is 0. The maximum Gasteiger partial charge on any atom is 0.411 e. The van der Waals surface area contributed by atoms with Gasteiger partial charge in [0.05, 0.1) is 28.8 Å². The standard InChI is InChI=1S/C17H16N2O6/c1-11-14(8-13(16(20)24-2)9-15(11)19(22)23)18-17(21)25-10-12-6-4-3-5-7-12/h3-9H,10H2,1-2H3,(H,18,21). The van der Waals surface area contributed by atoms with Gasteiger partial charge in [-0.3, -0.25) is 15.4 Å². The van der Waals surface area contributed by atoms with E-state index in [0.29, 0.717) is 0 Å². The fourth-order valence-electron chi connectivity index (χ4n) is 2.12. The highest BCUT2D eigenvalue weighted by Gasteiger charge is 2.21. The normalized spacial score (nSPS) is 10.0. The topological polar surface area (TPSA) is 108 Å². The monoisotopic (exact) mass is 344 g/mol. The minimum Gasteiger partial charge on any atom is -0.465 e. The lowest BCUT2D eigenvalue weighted by molar-refractivity contribution is -0.385. The van der Waals surface area contributed by atoms with Crippen molar-refractivity contribution in [1.82, 2.24) is 0 Å². The molecule has 2 rings (SSSR count). The molecule has 25 heavy (non-hydrogen) atoms. The Morgan fingerprint density at radius 1 is 1.20 bits per heavy atom. The molecule has 0 unspecified atom stereocenters. The van der Waals surface area contributed by atoms with Gasteiger partial charge in [0.1, 0.15) is 6.61 Å². The molecular weight excluding hydrogens is 328 g/mol. The van der Waals surface area contributed by atoms with Gasteiger partial charge in [0.25, 0.3) is 5.69 Å². The molecule has 0 heterocycles. The maximum absolute atomic E-state index is 12.0. The summed E-state index contributed by atoms with van der Waals surface area (Å²) < 4.78 is 9.65. The number of amides is 1. The predicted molar refractivity (Wildman–Crippen MR) is 89.4 cm³/mol. The van der Waals surface area contributed by atoms with Gasteiger partial charge in [-0.05, 0) is 18.6 Å². The van der Waals surface area contributed by atoms with Gasteiger partial charge in [0.15, 0.2) is 0 Å². The molecule has 130 valence electrons. The molecule has 0 atom stereocenters. The molecule has 0 spiro atoms. The Labute approximate surface area is 143 Å². The second kappa shape index (κ2) is 7.91. The number of nitro groups is 1. The van der Waals surface area contributed by atoms with Crippen molar-refractivity contribution < 1.29 is 24.0 Å². The van der Waals surface area contributed by atoms with Gasteiger partial charge in [-0.25, -0.2) is 9.59 Å². The second-order valence-corrected chi connectivity index (χ2v) is 5.10. The van der Waals surface area contributed by atoms with E-state index in [9.17, 15) is 19.7 Å². The van der Waals surface area contributed by atoms with Crippen molar-refractivity contribution in [3.05, 3.63) is 69.3 Å². The number of nitrogens with zero attached hydrogens (tertiary/aromatic N) is 1. The van der Waals surface area contributed by atoms with Gasteiger partial charge in [0, 0.05) is 6.07 Å². The average molecular weight is 344 g/mol. The molecule has 8 nitrogen and oxygen atoms in total. The van der Waals surface area contributed by atoms with E-state index in [1.165, 1.54) is 13.0 Å². The number of nitro benzene ring substituents is 1. The molecule has 0 aliphatic rings. The van der Waals surface area contributed by atoms with Crippen LogP contribution in [0.3, 0.4) is 0 Å². The van der Waals surface area contributed by atoms with Crippen LogP contribution in [0.15, 0.2) is 42.5 Å². The summed E-state index contributed by atoms with van der Waals surface area (Å²) in [5.41, 5.74) is 0.755. The zero-order chi connectivity index (χ0) is 18.4. The van der Waals surface area contributed by atoms with E-state index in [1.807, 2.05) is 18.2 Å². The summed E-state index contributed by atoms with van der Waals surface area (Å²) in [6.45, 7) is 1.51. The molecule has 0 aliphatic carbocycles. The van der Waals surface area contributed by atoms with Crippen LogP contribution in [0.2, 0.25) is 0 Å². The van der Waals surface area contributed by atoms with Crippen molar-refractivity contribution >= 4 is 23.4 Å². The fourth-order valence-corrected chi connectivity index (χ4v) is 2.12. The minimum absolute atomic E-state index is 0.0434. The SMILES string of the molecule is COC(=O)c1cc(NC(=O)OCc2ccccc2)c(C)c([N+](=O)[O-])c1. The van der Waals surface area contributed by atoms with E-state index in [-0.39, 0.29) is 29.1 Å². The van der Waals surface area contributed by atoms with E-state index >= 15 is 0 Å². The van der Waals surface area contributed by atoms with Crippen LogP contribution in [0.25, 0.3) is 0 Å². The molecule has 0 aromatic heterocycles. The second-order valence-electron chi connectivity index (χ2n) is 5.10. The van der Waals surface area contributed by atoms with Crippen LogP contribution in [0.5, 0.6) is 0 Å². The third kappa shape index (κ3) is 4.54. The van der Waals surface area contributed by atoms with E-state index in [1.54, 1.807) is 12.1 Å². The number of carbonyl (C=O) groups excluding carboxylic acids is 2. The first-order chi connectivity index (χ1) is 11.9. The van der Waals surface area contributed by atoms with Crippen molar-refractivity contribution in [3.63, 3.8) is 0 Å². The summed E-state index contributed by atoms with van der Waals surface area (Å²) in [4.78, 5) is 34.1. The Morgan fingerprint density at radius 3 is 2.48 bits per heavy atom. The molecule has 2 aromatic rings. The van der Waals surface area contributed by atoms with Crippen molar-refractivity contribution in [3.8, 4) is 0 Å². The van der Waals surface area contributed by atoms with Crippen LogP contribution in [0.4, 0.5) is 16.2 Å². The van der Waals surface area contributed by atoms with Gasteiger partial charge < -0.3 is 9.47 Å². The zero-order valence-electron chi connectivity index (χ0n) is 13.6. The number of hydrogen-bond acceptors (Lipinski definition) is 6. The summed E-state index contributed by atoms with van der Waals surface area (Å²) in [6.07, 6.45) is -0.789. The van der Waals surface area contributed by atoms with Crippen molar-refractivity contribution in [2.24, 2.45) is 0 Å². The summed E-state index contributed by atoms with van der Waals surface area (Å²) in [6, 6.07) is 11.4. The number of esters is 1. The van der Waals surface area contributed by atoms with Gasteiger partial charge >= 0.3 is 12.1 Å². The number of methoxy groups -OCH3 is 1. The summed E-state index contributed by atoms with van der Waals surface area (Å²) in [5, 5.41) is 13.6. The van der Waals surface area contributed by atoms with E-state index in [0.717, 1.165) is 18.7 Å². The number of anilines is 1. The molecule has 1 amide bonds. The molecule has 8 heteroatoms. The number of nitrogens with one attached hydrogen (secondary N) is 1. The molecule has 0 fully saturated rings. The highest BCUT2D eigenvalue weighted by Crippen LogP contribution is 2.28. The molecule has 1 N–H and O–H groups in total. The third-order valence-electron chi connectivity index (χ3n) is 3.45. The van der Waals surface area contributed by atoms with Crippen LogP contribution in [0.1, 0.15) is 21.5 Å². The highest BCUT2D eigenvalue weighted by molar-refractivity contribution is 5.94. The van der Waals surface area contributed by atoms with Crippen LogP contribution >= 0.6 is 0 Å². The van der Waals surface area contributed by atoms with Gasteiger partial charge in [-0.1, -0.05) is 30.3 Å². The number of ether oxygens (including phenoxy) is 2. The maximum atomic E-state index is 12.0. The Hall–Kier alpha value is -3.42. The molecule has 0 aliphatic heterocycles. The largest absolute Gasteiger partial charge is 0.465 e. The lowest BCUT2D eigenvalue weighted by atomic mass is 10.1. The quantitative estimate of drug-likeness (QED) is 0.506. The van der Waals surface area contributed by atoms with Gasteiger partial charge in [-0.15, -0.1) is 0 Å². The molecule has 0 radical (unpaired) electrons. The molecule has 0 bridgehead atoms. The molecular formula is C17H16N2O6. The Balaban J connectivity index is 2.19. The molecule has 0 saturated heterocycles. The van der Waals surface area contributed by atoms with Crippen molar-refractivity contribution in [2.75, 3.05) is 12.4 Å². The first-order valence-corrected chi connectivity index (χ1v) is 7.27. The van der Waals surface area contributed by atoms with Crippen molar-refractivity contribution in [2.45, 2.75) is 13.5 Å². The lowest BCUT2D eigenvalue weighted by Gasteiger charge is -2.11. The zero-order valence-corrected chi connectivity index (χ0v) is 13.6. The fraction of sp³-hybridized carbons (Fsp3) is 0.176. The Bertz CT molecular complexity index is 804. The van der Waals surface area contributed by atoms with Gasteiger partial charge in [0.2, 0.25) is 0 Å². The Morgan fingerprint density at radius 2 is 1.88 bits per heavy atom. The summed E-state index contributed by atoms with van der Waals surface area (Å²) in [7, 11) is 1.16. The number of benzene rings is 2. The first kappa shape index (κ1) is 17.9. The van der Waals surface area contributed by atoms with E-state index in [2.05, 4.69) is 10.1 Å². The average Bonchev–Trinajstić information content (AvgIpc) is 2.61. The lowest BCUT2D eigenvalue weighted by Crippen LogP contribution is -2.15. The highest BCUT2D eigenvalue weighted by atomic mass is 16.6. The minimum atomic E-state index is -0.789. The number of carbonyl (C=O) groups is 2. The number of hydrogen-bond donors (Lipinski definition) is 1. The summed E-state index contributed by atoms with van der Waals surface area (Å²) in [5.74, 6) is -0.746.